The maximum Gasteiger partial charge on any atom is 0.229 e. The van der Waals surface area contributed by atoms with Crippen LogP contribution in [0.15, 0.2) is 48.7 Å². The molecular weight excluding hydrogens is 430 g/mol. The van der Waals surface area contributed by atoms with Gasteiger partial charge in [-0.1, -0.05) is 12.1 Å². The minimum atomic E-state index is -3.57. The van der Waals surface area contributed by atoms with Gasteiger partial charge in [0.2, 0.25) is 16.0 Å². The van der Waals surface area contributed by atoms with Crippen molar-refractivity contribution in [2.24, 2.45) is 5.84 Å². The van der Waals surface area contributed by atoms with Crippen LogP contribution in [-0.4, -0.2) is 31.0 Å². The zero-order valence-corrected chi connectivity index (χ0v) is 16.9. The van der Waals surface area contributed by atoms with Crippen LogP contribution in [0, 0.1) is 17.0 Å². The van der Waals surface area contributed by atoms with Gasteiger partial charge in [-0.3, -0.25) is 15.1 Å². The van der Waals surface area contributed by atoms with Gasteiger partial charge in [0.05, 0.1) is 35.2 Å². The van der Waals surface area contributed by atoms with E-state index in [0.29, 0.717) is 5.69 Å². The first-order valence-corrected chi connectivity index (χ1v) is 10.5. The minimum Gasteiger partial charge on any atom is -0.336 e. The number of nitrogens with two attached hydrogens (primary N) is 1. The molecule has 31 heavy (non-hydrogen) atoms. The number of benzene rings is 2. The number of rotatable bonds is 8. The van der Waals surface area contributed by atoms with E-state index in [1.54, 1.807) is 12.1 Å². The van der Waals surface area contributed by atoms with Gasteiger partial charge < -0.3 is 10.6 Å². The van der Waals surface area contributed by atoms with Gasteiger partial charge in [-0.25, -0.2) is 28.0 Å². The number of sulfonamides is 1. The first kappa shape index (κ1) is 21.9. The molecular formula is C18H18F2N8O2S. The second-order valence-corrected chi connectivity index (χ2v) is 8.01. The number of para-hydroxylation sites is 2. The summed E-state index contributed by atoms with van der Waals surface area (Å²) >= 11 is 0. The van der Waals surface area contributed by atoms with E-state index in [2.05, 4.69) is 25.3 Å². The highest BCUT2D eigenvalue weighted by Gasteiger charge is 2.13. The van der Waals surface area contributed by atoms with Crippen molar-refractivity contribution in [1.29, 1.82) is 5.41 Å². The summed E-state index contributed by atoms with van der Waals surface area (Å²) in [5.41, 5.74) is 0.701. The average molecular weight is 448 g/mol. The van der Waals surface area contributed by atoms with Crippen molar-refractivity contribution < 1.29 is 17.2 Å². The Morgan fingerprint density at radius 3 is 2.45 bits per heavy atom. The predicted molar refractivity (Wildman–Crippen MR) is 115 cm³/mol. The number of hydrogen-bond donors (Lipinski definition) is 5. The summed E-state index contributed by atoms with van der Waals surface area (Å²) in [5.74, 6) is 3.74. The quantitative estimate of drug-likeness (QED) is 0.153. The second-order valence-electron chi connectivity index (χ2n) is 6.26. The predicted octanol–water partition coefficient (Wildman–Crippen LogP) is 2.90. The lowest BCUT2D eigenvalue weighted by Crippen LogP contribution is -2.28. The smallest absolute Gasteiger partial charge is 0.229 e. The lowest BCUT2D eigenvalue weighted by Gasteiger charge is -2.15. The SMILES string of the molecule is CS(=O)(=O)Nc1ccccc1Nc1nc(Nc2cc(N(N)C=N)ccc2F)ncc1F. The molecule has 0 saturated carbocycles. The van der Waals surface area contributed by atoms with E-state index >= 15 is 0 Å². The van der Waals surface area contributed by atoms with E-state index in [-0.39, 0.29) is 28.8 Å². The van der Waals surface area contributed by atoms with Crippen LogP contribution in [-0.2, 0) is 10.0 Å². The summed E-state index contributed by atoms with van der Waals surface area (Å²) in [6.07, 6.45) is 2.70. The zero-order chi connectivity index (χ0) is 22.6. The zero-order valence-electron chi connectivity index (χ0n) is 16.1. The van der Waals surface area contributed by atoms with Crippen LogP contribution < -0.4 is 26.2 Å². The Bertz CT molecular complexity index is 1220. The molecule has 0 spiro atoms. The third-order valence-corrected chi connectivity index (χ3v) is 4.44. The van der Waals surface area contributed by atoms with Crippen molar-refractivity contribution >= 4 is 50.9 Å². The summed E-state index contributed by atoms with van der Waals surface area (Å²) < 4.78 is 53.9. The lowest BCUT2D eigenvalue weighted by atomic mass is 10.2. The van der Waals surface area contributed by atoms with E-state index in [1.807, 2.05) is 0 Å². The number of aromatic nitrogens is 2. The molecule has 0 atom stereocenters. The summed E-state index contributed by atoms with van der Waals surface area (Å²) in [6, 6.07) is 10.1. The van der Waals surface area contributed by atoms with Gasteiger partial charge in [0.1, 0.15) is 12.2 Å². The third-order valence-electron chi connectivity index (χ3n) is 3.85. The summed E-state index contributed by atoms with van der Waals surface area (Å²) in [6.45, 7) is 0. The molecule has 0 saturated heterocycles. The fourth-order valence-electron chi connectivity index (χ4n) is 2.49. The molecule has 6 N–H and O–H groups in total. The Morgan fingerprint density at radius 1 is 1.06 bits per heavy atom. The van der Waals surface area contributed by atoms with Crippen molar-refractivity contribution in [2.45, 2.75) is 0 Å². The van der Waals surface area contributed by atoms with Gasteiger partial charge in [0, 0.05) is 0 Å². The summed E-state index contributed by atoms with van der Waals surface area (Å²) in [4.78, 5) is 7.78. The molecule has 0 aliphatic heterocycles. The highest BCUT2D eigenvalue weighted by Crippen LogP contribution is 2.28. The van der Waals surface area contributed by atoms with Gasteiger partial charge in [0.25, 0.3) is 0 Å². The maximum atomic E-state index is 14.3. The molecule has 0 aliphatic rings. The monoisotopic (exact) mass is 448 g/mol. The van der Waals surface area contributed by atoms with Gasteiger partial charge in [-0.2, -0.15) is 4.98 Å². The lowest BCUT2D eigenvalue weighted by molar-refractivity contribution is 0.607. The molecule has 10 nitrogen and oxygen atoms in total. The number of halogens is 2. The van der Waals surface area contributed by atoms with Crippen LogP contribution in [0.1, 0.15) is 0 Å². The summed E-state index contributed by atoms with van der Waals surface area (Å²) in [7, 11) is -3.57. The van der Waals surface area contributed by atoms with E-state index < -0.39 is 21.7 Å². The van der Waals surface area contributed by atoms with Crippen molar-refractivity contribution in [3.63, 3.8) is 0 Å². The van der Waals surface area contributed by atoms with E-state index in [0.717, 1.165) is 29.9 Å². The first-order chi connectivity index (χ1) is 14.7. The van der Waals surface area contributed by atoms with E-state index in [4.69, 9.17) is 11.3 Å². The molecule has 3 rings (SSSR count). The molecule has 1 heterocycles. The third kappa shape index (κ3) is 5.61. The normalized spacial score (nSPS) is 11.0. The number of anilines is 6. The first-order valence-electron chi connectivity index (χ1n) is 8.64. The maximum absolute atomic E-state index is 14.3. The number of hydrazine groups is 1. The Balaban J connectivity index is 1.90. The standard InChI is InChI=1S/C18H18F2N8O2S/c1-31(29,30)27-15-5-3-2-4-14(15)24-17-13(20)9-23-18(26-17)25-16-8-11(28(22)10-21)6-7-12(16)19/h2-10,21,27H,22H2,1H3,(H2,23,24,25,26). The Morgan fingerprint density at radius 2 is 1.77 bits per heavy atom. The number of nitrogens with zero attached hydrogens (tertiary/aromatic N) is 3. The highest BCUT2D eigenvalue weighted by molar-refractivity contribution is 7.92. The second kappa shape index (κ2) is 8.89. The van der Waals surface area contributed by atoms with Gasteiger partial charge >= 0.3 is 0 Å². The minimum absolute atomic E-state index is 0.0495. The number of hydrogen-bond acceptors (Lipinski definition) is 8. The molecule has 0 bridgehead atoms. The Hall–Kier alpha value is -3.84. The van der Waals surface area contributed by atoms with Crippen LogP contribution in [0.25, 0.3) is 0 Å². The topological polar surface area (TPSA) is 149 Å². The van der Waals surface area contributed by atoms with Crippen LogP contribution in [0.4, 0.5) is 43.3 Å². The molecule has 1 aromatic heterocycles. The molecule has 0 aliphatic carbocycles. The molecule has 0 unspecified atom stereocenters. The molecule has 0 fully saturated rings. The van der Waals surface area contributed by atoms with Crippen LogP contribution in [0.5, 0.6) is 0 Å². The Kier molecular flexibility index (Phi) is 6.27. The van der Waals surface area contributed by atoms with Gasteiger partial charge in [-0.05, 0) is 30.3 Å². The molecule has 0 radical (unpaired) electrons. The van der Waals surface area contributed by atoms with Crippen molar-refractivity contribution in [3.05, 3.63) is 60.3 Å². The van der Waals surface area contributed by atoms with Crippen molar-refractivity contribution in [3.8, 4) is 0 Å². The molecule has 2 aromatic carbocycles. The fourth-order valence-corrected chi connectivity index (χ4v) is 3.07. The molecule has 162 valence electrons. The average Bonchev–Trinajstić information content (AvgIpc) is 2.72. The molecule has 13 heteroatoms. The van der Waals surface area contributed by atoms with Crippen LogP contribution in [0.2, 0.25) is 0 Å². The largest absolute Gasteiger partial charge is 0.336 e. The van der Waals surface area contributed by atoms with Gasteiger partial charge in [-0.15, -0.1) is 0 Å². The summed E-state index contributed by atoms with van der Waals surface area (Å²) in [5, 5.41) is 13.5. The Labute approximate surface area is 176 Å². The highest BCUT2D eigenvalue weighted by atomic mass is 32.2. The van der Waals surface area contributed by atoms with Crippen molar-refractivity contribution in [1.82, 2.24) is 9.97 Å². The van der Waals surface area contributed by atoms with E-state index in [9.17, 15) is 17.2 Å². The van der Waals surface area contributed by atoms with Gasteiger partial charge in [0.15, 0.2) is 11.6 Å². The molecule has 3 aromatic rings. The van der Waals surface area contributed by atoms with Crippen molar-refractivity contribution in [2.75, 3.05) is 26.6 Å². The molecule has 0 amide bonds. The number of nitrogens with one attached hydrogen (secondary N) is 4. The van der Waals surface area contributed by atoms with Crippen LogP contribution >= 0.6 is 0 Å². The fraction of sp³-hybridized carbons (Fsp3) is 0.0556. The van der Waals surface area contributed by atoms with Crippen LogP contribution in [0.3, 0.4) is 0 Å². The van der Waals surface area contributed by atoms with E-state index in [1.165, 1.54) is 24.3 Å².